The van der Waals surface area contributed by atoms with Crippen LogP contribution in [0, 0.1) is 5.92 Å². The normalized spacial score (nSPS) is 25.3. The summed E-state index contributed by atoms with van der Waals surface area (Å²) in [5, 5.41) is 22.6. The zero-order chi connectivity index (χ0) is 35.2. The Morgan fingerprint density at radius 3 is 2.51 bits per heavy atom. The van der Waals surface area contributed by atoms with Crippen LogP contribution in [0.25, 0.3) is 0 Å². The van der Waals surface area contributed by atoms with E-state index in [0.717, 1.165) is 16.7 Å². The number of methoxy groups -OCH3 is 1. The molecule has 11 nitrogen and oxygen atoms in total. The SMILES string of the molecule is COc1ccc2c(c1)[C@@]1(O[C@H](CC(=O)N3Cc4ccccc4C[C@H]3CO)[C@@H]([Si](C)(C)O)[C@@H]1C)C(=O)N2Cc1cccc(NC(=O)[C@H](C)O)c1. The van der Waals surface area contributed by atoms with Crippen molar-refractivity contribution < 1.29 is 38.9 Å². The van der Waals surface area contributed by atoms with E-state index in [1.807, 2.05) is 56.4 Å². The third-order valence-corrected chi connectivity index (χ3v) is 12.9. The molecule has 6 rings (SSSR count). The van der Waals surface area contributed by atoms with E-state index in [2.05, 4.69) is 5.32 Å². The van der Waals surface area contributed by atoms with Crippen molar-refractivity contribution in [2.75, 3.05) is 23.9 Å². The summed E-state index contributed by atoms with van der Waals surface area (Å²) in [6.45, 7) is 7.29. The molecular formula is C37H45N3O8Si. The molecule has 0 unspecified atom stereocenters. The molecule has 0 saturated carbocycles. The number of aliphatic hydroxyl groups is 2. The van der Waals surface area contributed by atoms with E-state index in [-0.39, 0.29) is 37.4 Å². The minimum Gasteiger partial charge on any atom is -0.497 e. The van der Waals surface area contributed by atoms with Gasteiger partial charge >= 0.3 is 0 Å². The maximum absolute atomic E-state index is 14.9. The van der Waals surface area contributed by atoms with Gasteiger partial charge in [0.1, 0.15) is 11.9 Å². The van der Waals surface area contributed by atoms with Gasteiger partial charge < -0.3 is 39.6 Å². The summed E-state index contributed by atoms with van der Waals surface area (Å²) in [6.07, 6.45) is -1.45. The number of ether oxygens (including phenoxy) is 2. The minimum absolute atomic E-state index is 0.0516. The monoisotopic (exact) mass is 687 g/mol. The maximum Gasteiger partial charge on any atom is 0.264 e. The summed E-state index contributed by atoms with van der Waals surface area (Å²) >= 11 is 0. The van der Waals surface area contributed by atoms with Crippen LogP contribution in [0.3, 0.4) is 0 Å². The molecule has 3 aliphatic heterocycles. The first-order chi connectivity index (χ1) is 23.3. The number of hydrogen-bond donors (Lipinski definition) is 4. The lowest BCUT2D eigenvalue weighted by Gasteiger charge is -2.37. The Labute approximate surface area is 287 Å². The van der Waals surface area contributed by atoms with Crippen molar-refractivity contribution in [2.24, 2.45) is 5.92 Å². The molecule has 260 valence electrons. The van der Waals surface area contributed by atoms with Crippen LogP contribution in [0.2, 0.25) is 18.6 Å². The maximum atomic E-state index is 14.9. The summed E-state index contributed by atoms with van der Waals surface area (Å²) in [5.74, 6) is -0.996. The zero-order valence-electron chi connectivity index (χ0n) is 28.6. The van der Waals surface area contributed by atoms with Gasteiger partial charge in [-0.05, 0) is 73.5 Å². The molecule has 49 heavy (non-hydrogen) atoms. The molecule has 0 aromatic heterocycles. The largest absolute Gasteiger partial charge is 0.497 e. The lowest BCUT2D eigenvalue weighted by Crippen LogP contribution is -2.48. The van der Waals surface area contributed by atoms with Gasteiger partial charge in [0.05, 0.1) is 44.5 Å². The fourth-order valence-electron chi connectivity index (χ4n) is 8.05. The Kier molecular flexibility index (Phi) is 9.46. The van der Waals surface area contributed by atoms with Crippen LogP contribution < -0.4 is 15.0 Å². The van der Waals surface area contributed by atoms with Crippen LogP contribution in [0.5, 0.6) is 5.75 Å². The van der Waals surface area contributed by atoms with Gasteiger partial charge in [-0.25, -0.2) is 0 Å². The first-order valence-electron chi connectivity index (χ1n) is 16.7. The second-order valence-electron chi connectivity index (χ2n) is 14.0. The number of nitrogens with zero attached hydrogens (tertiary/aromatic N) is 2. The number of anilines is 2. The number of aliphatic hydroxyl groups excluding tert-OH is 2. The number of fused-ring (bicyclic) bond motifs is 3. The van der Waals surface area contributed by atoms with Crippen LogP contribution in [0.1, 0.15) is 42.5 Å². The molecule has 4 N–H and O–H groups in total. The fourth-order valence-corrected chi connectivity index (χ4v) is 10.6. The quantitative estimate of drug-likeness (QED) is 0.249. The number of benzene rings is 3. The van der Waals surface area contributed by atoms with Gasteiger partial charge in [-0.3, -0.25) is 14.4 Å². The van der Waals surface area contributed by atoms with E-state index < -0.39 is 43.5 Å². The lowest BCUT2D eigenvalue weighted by atomic mass is 9.82. The predicted octanol–water partition coefficient (Wildman–Crippen LogP) is 3.70. The Bertz CT molecular complexity index is 1760. The van der Waals surface area contributed by atoms with Crippen molar-refractivity contribution in [3.63, 3.8) is 0 Å². The highest BCUT2D eigenvalue weighted by Gasteiger charge is 2.66. The van der Waals surface area contributed by atoms with Crippen molar-refractivity contribution in [3.05, 3.63) is 89.0 Å². The second kappa shape index (κ2) is 13.3. The van der Waals surface area contributed by atoms with E-state index in [1.165, 1.54) is 6.92 Å². The van der Waals surface area contributed by atoms with Crippen molar-refractivity contribution in [2.45, 2.75) is 82.3 Å². The molecule has 0 bridgehead atoms. The summed E-state index contributed by atoms with van der Waals surface area (Å²) in [4.78, 5) is 56.2. The third kappa shape index (κ3) is 6.28. The number of nitrogens with one attached hydrogen (secondary N) is 1. The molecule has 0 aliphatic carbocycles. The van der Waals surface area contributed by atoms with Crippen LogP contribution in [-0.4, -0.2) is 77.9 Å². The topological polar surface area (TPSA) is 149 Å². The fraction of sp³-hybridized carbons (Fsp3) is 0.432. The number of hydrogen-bond acceptors (Lipinski definition) is 8. The molecule has 3 heterocycles. The molecule has 1 fully saturated rings. The molecule has 12 heteroatoms. The average molecular weight is 688 g/mol. The first-order valence-corrected chi connectivity index (χ1v) is 19.8. The minimum atomic E-state index is -3.05. The number of rotatable bonds is 9. The number of amides is 3. The number of carbonyl (C=O) groups excluding carboxylic acids is 3. The highest BCUT2D eigenvalue weighted by atomic mass is 28.4. The van der Waals surface area contributed by atoms with E-state index in [1.54, 1.807) is 47.2 Å². The van der Waals surface area contributed by atoms with Gasteiger partial charge in [-0.1, -0.05) is 43.3 Å². The van der Waals surface area contributed by atoms with Gasteiger partial charge in [0, 0.05) is 29.3 Å². The molecule has 3 aliphatic rings. The molecule has 0 radical (unpaired) electrons. The summed E-state index contributed by atoms with van der Waals surface area (Å²) < 4.78 is 12.5. The highest BCUT2D eigenvalue weighted by molar-refractivity contribution is 6.71. The molecule has 3 amide bonds. The Balaban J connectivity index is 1.34. The molecule has 3 aromatic rings. The molecule has 1 spiro atoms. The van der Waals surface area contributed by atoms with Crippen molar-refractivity contribution in [1.29, 1.82) is 0 Å². The van der Waals surface area contributed by atoms with Crippen LogP contribution in [0.4, 0.5) is 11.4 Å². The Morgan fingerprint density at radius 1 is 1.10 bits per heavy atom. The van der Waals surface area contributed by atoms with Crippen molar-refractivity contribution >= 4 is 37.4 Å². The van der Waals surface area contributed by atoms with Crippen molar-refractivity contribution in [1.82, 2.24) is 4.90 Å². The van der Waals surface area contributed by atoms with Crippen LogP contribution in [-0.2, 0) is 44.2 Å². The van der Waals surface area contributed by atoms with Crippen molar-refractivity contribution in [3.8, 4) is 5.75 Å². The third-order valence-electron chi connectivity index (χ3n) is 10.4. The molecule has 3 aromatic carbocycles. The van der Waals surface area contributed by atoms with Gasteiger partial charge in [0.25, 0.3) is 11.8 Å². The van der Waals surface area contributed by atoms with E-state index >= 15 is 0 Å². The van der Waals surface area contributed by atoms with Gasteiger partial charge in [0.15, 0.2) is 13.9 Å². The first kappa shape index (κ1) is 34.8. The zero-order valence-corrected chi connectivity index (χ0v) is 29.6. The molecular weight excluding hydrogens is 643 g/mol. The van der Waals surface area contributed by atoms with Crippen LogP contribution >= 0.6 is 0 Å². The van der Waals surface area contributed by atoms with E-state index in [4.69, 9.17) is 9.47 Å². The Morgan fingerprint density at radius 2 is 1.84 bits per heavy atom. The predicted molar refractivity (Wildman–Crippen MR) is 186 cm³/mol. The smallest absolute Gasteiger partial charge is 0.264 e. The molecule has 1 saturated heterocycles. The molecule has 6 atom stereocenters. The summed E-state index contributed by atoms with van der Waals surface area (Å²) in [5.41, 5.74) is 2.64. The van der Waals surface area contributed by atoms with E-state index in [9.17, 15) is 29.4 Å². The second-order valence-corrected chi connectivity index (χ2v) is 18.0. The highest BCUT2D eigenvalue weighted by Crippen LogP contribution is 2.60. The Hall–Kier alpha value is -4.07. The van der Waals surface area contributed by atoms with Gasteiger partial charge in [0.2, 0.25) is 5.91 Å². The van der Waals surface area contributed by atoms with Gasteiger partial charge in [-0.15, -0.1) is 0 Å². The van der Waals surface area contributed by atoms with E-state index in [0.29, 0.717) is 35.7 Å². The average Bonchev–Trinajstić information content (AvgIpc) is 3.49. The van der Waals surface area contributed by atoms with Crippen LogP contribution in [0.15, 0.2) is 66.7 Å². The number of carbonyl (C=O) groups is 3. The summed E-state index contributed by atoms with van der Waals surface area (Å²) in [6, 6.07) is 20.0. The summed E-state index contributed by atoms with van der Waals surface area (Å²) in [7, 11) is -1.50. The van der Waals surface area contributed by atoms with Gasteiger partial charge in [-0.2, -0.15) is 0 Å². The standard InChI is InChI=1S/C37H45N3O8Si/c1-22-34(49(4,5)46)32(18-33(43)39-20-26-11-7-6-10-25(26)16-28(39)21-41)48-37(22)30-17-29(47-3)13-14-31(30)40(36(37)45)19-24-9-8-12-27(15-24)38-35(44)23(2)42/h6-15,17,22-23,28,32,34,41-42,46H,16,18-21H2,1-5H3,(H,38,44)/t22-,23-,28-,32+,34-,37+/m0/s1. The lowest BCUT2D eigenvalue weighted by molar-refractivity contribution is -0.151.